The highest BCUT2D eigenvalue weighted by Gasteiger charge is 2.25. The molecule has 0 saturated carbocycles. The van der Waals surface area contributed by atoms with Crippen LogP contribution in [0.15, 0.2) is 39.4 Å². The number of nitrogens with two attached hydrogens (primary N) is 1. The Kier molecular flexibility index (Phi) is 9.02. The second kappa shape index (κ2) is 11.2. The van der Waals surface area contributed by atoms with E-state index in [0.29, 0.717) is 30.9 Å². The average Bonchev–Trinajstić information content (AvgIpc) is 2.77. The zero-order valence-corrected chi connectivity index (χ0v) is 19.6. The van der Waals surface area contributed by atoms with Crippen molar-refractivity contribution in [3.8, 4) is 0 Å². The maximum absolute atomic E-state index is 11.7. The van der Waals surface area contributed by atoms with E-state index in [1.54, 1.807) is 6.20 Å². The predicted octanol–water partition coefficient (Wildman–Crippen LogP) is 3.16. The summed E-state index contributed by atoms with van der Waals surface area (Å²) in [5.41, 5.74) is 3.83. The number of hydrogen-bond acceptors (Lipinski definition) is 7. The van der Waals surface area contributed by atoms with Crippen molar-refractivity contribution in [2.24, 2.45) is 15.9 Å². The molecule has 1 aliphatic rings. The molecule has 1 atom stereocenters. The Balaban J connectivity index is 0.00000145. The van der Waals surface area contributed by atoms with Crippen LogP contribution in [0, 0.1) is 0 Å². The van der Waals surface area contributed by atoms with Crippen molar-refractivity contribution >= 4 is 51.3 Å². The predicted molar refractivity (Wildman–Crippen MR) is 128 cm³/mol. The number of nitrogens with one attached hydrogen (secondary N) is 1. The van der Waals surface area contributed by atoms with Crippen LogP contribution in [0.3, 0.4) is 0 Å². The number of nitrogens with zero attached hydrogens (tertiary/aromatic N) is 5. The lowest BCUT2D eigenvalue weighted by molar-refractivity contribution is 0.774. The van der Waals surface area contributed by atoms with Crippen LogP contribution >= 0.6 is 34.2 Å². The molecule has 1 fully saturated rings. The summed E-state index contributed by atoms with van der Waals surface area (Å²) in [6.07, 6.45) is 4.83. The fourth-order valence-corrected chi connectivity index (χ4v) is 3.43. The number of H-pyrrole nitrogens is 1. The zero-order chi connectivity index (χ0) is 21.4. The number of aromatic amines is 1. The summed E-state index contributed by atoms with van der Waals surface area (Å²) in [6.45, 7) is 5.18. The Hall–Kier alpha value is -2.01. The minimum atomic E-state index is -0.419. The van der Waals surface area contributed by atoms with E-state index >= 15 is 0 Å². The SMILES string of the molecule is CCc1ncccc1C(C)N=C1CCN(c2cn[nH]c(=O)c2Cl)C/C1=N/N.CI. The summed E-state index contributed by atoms with van der Waals surface area (Å²) in [7, 11) is 0. The molecule has 8 nitrogen and oxygen atoms in total. The van der Waals surface area contributed by atoms with Crippen LogP contribution in [0.4, 0.5) is 5.69 Å². The molecule has 29 heavy (non-hydrogen) atoms. The van der Waals surface area contributed by atoms with Crippen molar-refractivity contribution in [3.63, 3.8) is 0 Å². The number of piperidine rings is 1. The summed E-state index contributed by atoms with van der Waals surface area (Å²) in [4.78, 5) is 24.9. The van der Waals surface area contributed by atoms with Crippen molar-refractivity contribution in [1.29, 1.82) is 0 Å². The normalized spacial score (nSPS) is 17.8. The molecule has 10 heteroatoms. The van der Waals surface area contributed by atoms with Crippen molar-refractivity contribution in [1.82, 2.24) is 15.2 Å². The minimum absolute atomic E-state index is 0.0447. The lowest BCUT2D eigenvalue weighted by Crippen LogP contribution is -2.42. The van der Waals surface area contributed by atoms with E-state index in [4.69, 9.17) is 22.4 Å². The highest BCUT2D eigenvalue weighted by Crippen LogP contribution is 2.25. The Bertz CT molecular complexity index is 944. The number of hydrogen-bond donors (Lipinski definition) is 2. The first-order valence-corrected chi connectivity index (χ1v) is 11.7. The van der Waals surface area contributed by atoms with E-state index in [0.717, 1.165) is 23.4 Å². The minimum Gasteiger partial charge on any atom is -0.362 e. The van der Waals surface area contributed by atoms with Gasteiger partial charge in [-0.2, -0.15) is 10.2 Å². The number of anilines is 1. The van der Waals surface area contributed by atoms with E-state index < -0.39 is 5.56 Å². The maximum Gasteiger partial charge on any atom is 0.285 e. The highest BCUT2D eigenvalue weighted by atomic mass is 127. The van der Waals surface area contributed by atoms with Gasteiger partial charge in [-0.1, -0.05) is 47.2 Å². The summed E-state index contributed by atoms with van der Waals surface area (Å²) in [5.74, 6) is 5.62. The molecule has 1 unspecified atom stereocenters. The number of aliphatic imine (C=N–C) groups is 1. The van der Waals surface area contributed by atoms with Crippen LogP contribution in [0.2, 0.25) is 5.02 Å². The standard InChI is InChI=1S/C18H22ClN7O.CH3I/c1-3-13-12(5-4-7-21-13)11(2)23-14-6-8-26(10-15(14)24-20)16-9-22-25-18(27)17(16)19;1-2/h4-5,7,9,11H,3,6,8,10,20H2,1-2H3,(H,25,27);1H3/b23-14?,24-15-;. The van der Waals surface area contributed by atoms with E-state index in [-0.39, 0.29) is 11.1 Å². The summed E-state index contributed by atoms with van der Waals surface area (Å²) in [5, 5.41) is 10.2. The second-order valence-electron chi connectivity index (χ2n) is 6.29. The van der Waals surface area contributed by atoms with Gasteiger partial charge in [-0.05, 0) is 29.9 Å². The first-order valence-electron chi connectivity index (χ1n) is 9.18. The number of halogens is 2. The van der Waals surface area contributed by atoms with Crippen molar-refractivity contribution in [2.75, 3.05) is 22.9 Å². The van der Waals surface area contributed by atoms with Gasteiger partial charge in [0.05, 0.1) is 30.2 Å². The molecule has 0 radical (unpaired) electrons. The van der Waals surface area contributed by atoms with Gasteiger partial charge in [-0.15, -0.1) is 0 Å². The third-order valence-corrected chi connectivity index (χ3v) is 4.99. The van der Waals surface area contributed by atoms with Gasteiger partial charge in [0.25, 0.3) is 5.56 Å². The zero-order valence-electron chi connectivity index (χ0n) is 16.7. The molecular formula is C19H25ClIN7O. The third-order valence-electron chi connectivity index (χ3n) is 4.63. The molecule has 3 rings (SSSR count). The number of aryl methyl sites for hydroxylation is 1. The summed E-state index contributed by atoms with van der Waals surface area (Å²) < 4.78 is 0. The van der Waals surface area contributed by atoms with Crippen molar-refractivity contribution in [3.05, 3.63) is 51.2 Å². The summed E-state index contributed by atoms with van der Waals surface area (Å²) in [6, 6.07) is 3.93. The van der Waals surface area contributed by atoms with Gasteiger partial charge in [-0.25, -0.2) is 5.10 Å². The van der Waals surface area contributed by atoms with Crippen molar-refractivity contribution in [2.45, 2.75) is 32.7 Å². The largest absolute Gasteiger partial charge is 0.362 e. The molecule has 0 aromatic carbocycles. The average molecular weight is 530 g/mol. The van der Waals surface area contributed by atoms with Crippen LogP contribution < -0.4 is 16.3 Å². The fourth-order valence-electron chi connectivity index (χ4n) is 3.22. The van der Waals surface area contributed by atoms with Gasteiger partial charge in [0, 0.05) is 24.9 Å². The van der Waals surface area contributed by atoms with E-state index in [2.05, 4.69) is 55.9 Å². The Morgan fingerprint density at radius 2 is 2.17 bits per heavy atom. The molecule has 156 valence electrons. The van der Waals surface area contributed by atoms with Crippen LogP contribution in [-0.4, -0.2) is 44.6 Å². The number of hydrazone groups is 1. The number of alkyl halides is 1. The Labute approximate surface area is 188 Å². The van der Waals surface area contributed by atoms with Gasteiger partial charge in [-0.3, -0.25) is 14.8 Å². The van der Waals surface area contributed by atoms with Gasteiger partial charge in [0.15, 0.2) is 0 Å². The molecule has 1 saturated heterocycles. The van der Waals surface area contributed by atoms with Crippen LogP contribution in [0.25, 0.3) is 0 Å². The highest BCUT2D eigenvalue weighted by molar-refractivity contribution is 14.1. The molecule has 0 bridgehead atoms. The molecule has 1 aliphatic heterocycles. The third kappa shape index (κ3) is 5.53. The molecule has 0 amide bonds. The quantitative estimate of drug-likeness (QED) is 0.273. The fraction of sp³-hybridized carbons (Fsp3) is 0.421. The molecule has 0 aliphatic carbocycles. The van der Waals surface area contributed by atoms with Gasteiger partial charge in [0.1, 0.15) is 10.7 Å². The van der Waals surface area contributed by atoms with Gasteiger partial charge < -0.3 is 10.7 Å². The summed E-state index contributed by atoms with van der Waals surface area (Å²) >= 11 is 8.27. The van der Waals surface area contributed by atoms with E-state index in [1.807, 2.05) is 22.8 Å². The van der Waals surface area contributed by atoms with Crippen molar-refractivity contribution < 1.29 is 0 Å². The molecule has 3 heterocycles. The molecule has 2 aromatic rings. The smallest absolute Gasteiger partial charge is 0.285 e. The lowest BCUT2D eigenvalue weighted by atomic mass is 10.0. The first-order chi connectivity index (χ1) is 14.0. The Morgan fingerprint density at radius 3 is 2.86 bits per heavy atom. The van der Waals surface area contributed by atoms with Crippen LogP contribution in [0.1, 0.15) is 37.6 Å². The molecule has 0 spiro atoms. The topological polar surface area (TPSA) is 113 Å². The molecule has 2 aromatic heterocycles. The second-order valence-corrected chi connectivity index (χ2v) is 6.67. The number of aromatic nitrogens is 3. The molecular weight excluding hydrogens is 505 g/mol. The van der Waals surface area contributed by atoms with Crippen LogP contribution in [0.5, 0.6) is 0 Å². The van der Waals surface area contributed by atoms with Crippen LogP contribution in [-0.2, 0) is 6.42 Å². The first kappa shape index (κ1) is 23.3. The maximum atomic E-state index is 11.7. The monoisotopic (exact) mass is 529 g/mol. The van der Waals surface area contributed by atoms with E-state index in [9.17, 15) is 4.79 Å². The van der Waals surface area contributed by atoms with E-state index in [1.165, 1.54) is 6.20 Å². The number of rotatable bonds is 4. The molecule has 3 N–H and O–H groups in total. The Morgan fingerprint density at radius 1 is 1.41 bits per heavy atom. The van der Waals surface area contributed by atoms with Gasteiger partial charge in [0.2, 0.25) is 0 Å². The van der Waals surface area contributed by atoms with Gasteiger partial charge >= 0.3 is 0 Å². The number of pyridine rings is 1. The lowest BCUT2D eigenvalue weighted by Gasteiger charge is -2.31.